The summed E-state index contributed by atoms with van der Waals surface area (Å²) in [5.41, 5.74) is 0.922. The van der Waals surface area contributed by atoms with Crippen LogP contribution in [0.1, 0.15) is 5.56 Å². The van der Waals surface area contributed by atoms with Gasteiger partial charge in [0, 0.05) is 45.9 Å². The van der Waals surface area contributed by atoms with E-state index >= 15 is 0 Å². The number of nitrogens with zero attached hydrogens (tertiary/aromatic N) is 2. The van der Waals surface area contributed by atoms with Crippen molar-refractivity contribution in [2.45, 2.75) is 17.5 Å². The Morgan fingerprint density at radius 1 is 1.15 bits per heavy atom. The number of carbonyl (C=O) groups is 1. The highest BCUT2D eigenvalue weighted by Crippen LogP contribution is 2.22. The van der Waals surface area contributed by atoms with Crippen molar-refractivity contribution in [2.24, 2.45) is 5.92 Å². The maximum atomic E-state index is 12.0. The van der Waals surface area contributed by atoms with E-state index in [1.165, 1.54) is 18.4 Å². The first-order chi connectivity index (χ1) is 12.4. The Bertz CT molecular complexity index is 821. The summed E-state index contributed by atoms with van der Waals surface area (Å²) in [4.78, 5) is 10.6. The van der Waals surface area contributed by atoms with Crippen molar-refractivity contribution in [3.05, 3.63) is 29.8 Å². The van der Waals surface area contributed by atoms with Crippen LogP contribution in [0.15, 0.2) is 29.2 Å². The van der Waals surface area contributed by atoms with Crippen LogP contribution in [0.2, 0.25) is 0 Å². The Morgan fingerprint density at radius 2 is 1.67 bits per heavy atom. The van der Waals surface area contributed by atoms with Gasteiger partial charge in [-0.1, -0.05) is 12.1 Å². The highest BCUT2D eigenvalue weighted by molar-refractivity contribution is 7.90. The van der Waals surface area contributed by atoms with Gasteiger partial charge in [0.25, 0.3) is 6.47 Å². The molecule has 27 heavy (non-hydrogen) atoms. The molecule has 1 aromatic carbocycles. The van der Waals surface area contributed by atoms with E-state index in [0.29, 0.717) is 19.6 Å². The lowest BCUT2D eigenvalue weighted by atomic mass is 10.1. The number of hydrogen-bond donors (Lipinski definition) is 2. The van der Waals surface area contributed by atoms with Crippen LogP contribution in [0.3, 0.4) is 0 Å². The molecule has 0 aliphatic carbocycles. The van der Waals surface area contributed by atoms with E-state index in [0.717, 1.165) is 11.8 Å². The summed E-state index contributed by atoms with van der Waals surface area (Å²) in [7, 11) is -3.60. The standard InChI is InChI=1S/C15H24N2O5S2.CH2O2/c1-16(2)24(21,22)11-13-9-17(10-15(13)18)8-12-4-6-14(7-5-12)23(3,19)20;2-1-3/h4-7,13,15,18H,8-11H2,1-3H3;1H,(H,2,3)/t13-,15-;/m0./s1. The zero-order valence-electron chi connectivity index (χ0n) is 15.5. The molecule has 2 rings (SSSR count). The second kappa shape index (κ2) is 9.60. The topological polar surface area (TPSA) is 132 Å². The van der Waals surface area contributed by atoms with Crippen molar-refractivity contribution < 1.29 is 31.8 Å². The molecule has 0 amide bonds. The van der Waals surface area contributed by atoms with E-state index in [4.69, 9.17) is 9.90 Å². The smallest absolute Gasteiger partial charge is 0.290 e. The van der Waals surface area contributed by atoms with Crippen LogP contribution < -0.4 is 0 Å². The summed E-state index contributed by atoms with van der Waals surface area (Å²) < 4.78 is 48.0. The van der Waals surface area contributed by atoms with Crippen LogP contribution in [0.5, 0.6) is 0 Å². The van der Waals surface area contributed by atoms with Gasteiger partial charge in [0.05, 0.1) is 16.8 Å². The van der Waals surface area contributed by atoms with E-state index in [-0.39, 0.29) is 23.0 Å². The van der Waals surface area contributed by atoms with Crippen molar-refractivity contribution in [3.8, 4) is 0 Å². The Hall–Kier alpha value is -1.53. The van der Waals surface area contributed by atoms with Gasteiger partial charge >= 0.3 is 0 Å². The van der Waals surface area contributed by atoms with Crippen LogP contribution >= 0.6 is 0 Å². The summed E-state index contributed by atoms with van der Waals surface area (Å²) in [5, 5.41) is 17.0. The molecular formula is C16H26N2O7S2. The zero-order chi connectivity index (χ0) is 20.8. The van der Waals surface area contributed by atoms with E-state index < -0.39 is 26.0 Å². The van der Waals surface area contributed by atoms with Gasteiger partial charge in [0.2, 0.25) is 10.0 Å². The van der Waals surface area contributed by atoms with E-state index in [9.17, 15) is 21.9 Å². The second-order valence-electron chi connectivity index (χ2n) is 6.60. The van der Waals surface area contributed by atoms with Crippen LogP contribution in [-0.2, 0) is 31.2 Å². The average molecular weight is 423 g/mol. The number of aliphatic hydroxyl groups excluding tert-OH is 1. The van der Waals surface area contributed by atoms with E-state index in [1.54, 1.807) is 24.3 Å². The molecule has 0 saturated carbocycles. The lowest BCUT2D eigenvalue weighted by molar-refractivity contribution is -0.122. The number of aliphatic hydroxyl groups is 1. The Kier molecular flexibility index (Phi) is 8.36. The fourth-order valence-electron chi connectivity index (χ4n) is 2.75. The molecule has 1 aromatic rings. The normalized spacial score (nSPS) is 20.9. The van der Waals surface area contributed by atoms with Crippen LogP contribution in [-0.4, -0.2) is 88.0 Å². The molecule has 2 N–H and O–H groups in total. The molecule has 154 valence electrons. The number of carboxylic acid groups (broad SMARTS) is 1. The molecule has 1 aliphatic rings. The number of likely N-dealkylation sites (tertiary alicyclic amines) is 1. The lowest BCUT2D eigenvalue weighted by Crippen LogP contribution is -2.33. The van der Waals surface area contributed by atoms with Crippen molar-refractivity contribution in [1.82, 2.24) is 9.21 Å². The minimum atomic E-state index is -3.35. The second-order valence-corrected chi connectivity index (χ2v) is 10.8. The molecule has 2 atom stereocenters. The molecule has 1 saturated heterocycles. The van der Waals surface area contributed by atoms with Gasteiger partial charge in [-0.25, -0.2) is 21.1 Å². The zero-order valence-corrected chi connectivity index (χ0v) is 17.1. The Morgan fingerprint density at radius 3 is 2.11 bits per heavy atom. The first-order valence-electron chi connectivity index (χ1n) is 8.08. The van der Waals surface area contributed by atoms with Crippen molar-refractivity contribution in [3.63, 3.8) is 0 Å². The number of sulfonamides is 1. The quantitative estimate of drug-likeness (QED) is 0.585. The molecule has 0 unspecified atom stereocenters. The third kappa shape index (κ3) is 7.18. The minimum absolute atomic E-state index is 0.0787. The molecular weight excluding hydrogens is 396 g/mol. The number of sulfone groups is 1. The molecule has 0 radical (unpaired) electrons. The van der Waals surface area contributed by atoms with E-state index in [1.807, 2.05) is 4.90 Å². The SMILES string of the molecule is CN(C)S(=O)(=O)C[C@@H]1CN(Cc2ccc(S(C)(=O)=O)cc2)C[C@@H]1O.O=CO. The van der Waals surface area contributed by atoms with Gasteiger partial charge in [0.15, 0.2) is 9.84 Å². The molecule has 0 spiro atoms. The molecule has 1 fully saturated rings. The molecule has 1 heterocycles. The van der Waals surface area contributed by atoms with Gasteiger partial charge in [-0.15, -0.1) is 0 Å². The predicted molar refractivity (Wildman–Crippen MR) is 100 cm³/mol. The fraction of sp³-hybridized carbons (Fsp3) is 0.562. The van der Waals surface area contributed by atoms with Gasteiger partial charge in [-0.2, -0.15) is 0 Å². The number of β-amino-alcohol motifs (C(OH)–C–C–N with tert-alkyl or cyclic N) is 1. The Labute approximate surface area is 160 Å². The number of benzene rings is 1. The van der Waals surface area contributed by atoms with Crippen molar-refractivity contribution in [2.75, 3.05) is 39.2 Å². The van der Waals surface area contributed by atoms with Crippen LogP contribution in [0, 0.1) is 5.92 Å². The fourth-order valence-corrected chi connectivity index (χ4v) is 4.55. The largest absolute Gasteiger partial charge is 0.483 e. The third-order valence-electron chi connectivity index (χ3n) is 4.22. The monoisotopic (exact) mass is 422 g/mol. The first kappa shape index (κ1) is 23.5. The van der Waals surface area contributed by atoms with Gasteiger partial charge in [0.1, 0.15) is 0 Å². The lowest BCUT2D eigenvalue weighted by Gasteiger charge is -2.18. The highest BCUT2D eigenvalue weighted by Gasteiger charge is 2.35. The van der Waals surface area contributed by atoms with Gasteiger partial charge < -0.3 is 10.2 Å². The molecule has 0 aromatic heterocycles. The molecule has 0 bridgehead atoms. The Balaban J connectivity index is 0.00000114. The molecule has 1 aliphatic heterocycles. The predicted octanol–water partition coefficient (Wildman–Crippen LogP) is -0.525. The average Bonchev–Trinajstić information content (AvgIpc) is 2.86. The minimum Gasteiger partial charge on any atom is -0.483 e. The summed E-state index contributed by atoms with van der Waals surface area (Å²) >= 11 is 0. The van der Waals surface area contributed by atoms with Crippen LogP contribution in [0.25, 0.3) is 0 Å². The van der Waals surface area contributed by atoms with Crippen molar-refractivity contribution in [1.29, 1.82) is 0 Å². The summed E-state index contributed by atoms with van der Waals surface area (Å²) in [6, 6.07) is 6.61. The summed E-state index contributed by atoms with van der Waals surface area (Å²) in [6.45, 7) is 1.18. The van der Waals surface area contributed by atoms with Crippen molar-refractivity contribution >= 4 is 26.3 Å². The maximum absolute atomic E-state index is 12.0. The first-order valence-corrected chi connectivity index (χ1v) is 11.6. The van der Waals surface area contributed by atoms with Gasteiger partial charge in [-0.3, -0.25) is 9.69 Å². The molecule has 11 heteroatoms. The van der Waals surface area contributed by atoms with E-state index in [2.05, 4.69) is 0 Å². The number of rotatable bonds is 6. The summed E-state index contributed by atoms with van der Waals surface area (Å²) in [5.74, 6) is -0.405. The number of hydrogen-bond acceptors (Lipinski definition) is 7. The third-order valence-corrected chi connectivity index (χ3v) is 7.31. The maximum Gasteiger partial charge on any atom is 0.290 e. The van der Waals surface area contributed by atoms with Gasteiger partial charge in [-0.05, 0) is 17.7 Å². The van der Waals surface area contributed by atoms with Crippen LogP contribution in [0.4, 0.5) is 0 Å². The highest BCUT2D eigenvalue weighted by atomic mass is 32.2. The summed E-state index contributed by atoms with van der Waals surface area (Å²) in [6.07, 6.45) is 0.476. The molecule has 9 nitrogen and oxygen atoms in total.